The summed E-state index contributed by atoms with van der Waals surface area (Å²) in [5, 5.41) is 0.747. The number of benzene rings is 2. The number of methoxy groups -OCH3 is 2. The molecule has 136 valence electrons. The molecule has 0 aliphatic rings. The van der Waals surface area contributed by atoms with Gasteiger partial charge in [0, 0.05) is 13.0 Å². The Balaban J connectivity index is 1.76. The van der Waals surface area contributed by atoms with Crippen molar-refractivity contribution in [3.05, 3.63) is 48.0 Å². The predicted molar refractivity (Wildman–Crippen MR) is 106 cm³/mol. The van der Waals surface area contributed by atoms with E-state index in [1.165, 1.54) is 0 Å². The SMILES string of the molecule is CCN(C(=O)CCc1cccc(OC)c1OC)c1nc2ccccc2s1. The van der Waals surface area contributed by atoms with Crippen LogP contribution in [0.5, 0.6) is 11.5 Å². The fourth-order valence-electron chi connectivity index (χ4n) is 2.92. The van der Waals surface area contributed by atoms with E-state index in [1.54, 1.807) is 30.5 Å². The minimum Gasteiger partial charge on any atom is -0.493 e. The molecular weight excluding hydrogens is 348 g/mol. The first kappa shape index (κ1) is 18.2. The van der Waals surface area contributed by atoms with Crippen LogP contribution in [0.25, 0.3) is 10.2 Å². The number of fused-ring (bicyclic) bond motifs is 1. The molecule has 1 heterocycles. The summed E-state index contributed by atoms with van der Waals surface area (Å²) >= 11 is 1.54. The van der Waals surface area contributed by atoms with Gasteiger partial charge in [0.05, 0.1) is 24.4 Å². The number of anilines is 1. The predicted octanol–water partition coefficient (Wildman–Crippen LogP) is 4.30. The molecule has 0 aliphatic carbocycles. The van der Waals surface area contributed by atoms with Gasteiger partial charge in [-0.25, -0.2) is 4.98 Å². The number of hydrogen-bond donors (Lipinski definition) is 0. The number of nitrogens with zero attached hydrogens (tertiary/aromatic N) is 2. The van der Waals surface area contributed by atoms with Gasteiger partial charge in [-0.15, -0.1) is 0 Å². The van der Waals surface area contributed by atoms with E-state index in [4.69, 9.17) is 9.47 Å². The molecular formula is C20H22N2O3S. The van der Waals surface area contributed by atoms with Crippen LogP contribution in [0.3, 0.4) is 0 Å². The Labute approximate surface area is 157 Å². The number of thiazole rings is 1. The first-order valence-electron chi connectivity index (χ1n) is 8.53. The molecule has 1 aromatic heterocycles. The zero-order valence-electron chi connectivity index (χ0n) is 15.2. The minimum atomic E-state index is 0.0522. The summed E-state index contributed by atoms with van der Waals surface area (Å²) in [5.74, 6) is 1.42. The molecule has 6 heteroatoms. The molecule has 0 N–H and O–H groups in total. The van der Waals surface area contributed by atoms with Gasteiger partial charge < -0.3 is 9.47 Å². The van der Waals surface area contributed by atoms with Crippen LogP contribution in [0.4, 0.5) is 5.13 Å². The molecule has 0 aliphatic heterocycles. The molecule has 3 aromatic rings. The fraction of sp³-hybridized carbons (Fsp3) is 0.300. The summed E-state index contributed by atoms with van der Waals surface area (Å²) < 4.78 is 11.9. The average molecular weight is 370 g/mol. The van der Waals surface area contributed by atoms with Crippen molar-refractivity contribution in [3.8, 4) is 11.5 Å². The normalized spacial score (nSPS) is 10.7. The van der Waals surface area contributed by atoms with Gasteiger partial charge in [-0.1, -0.05) is 35.6 Å². The lowest BCUT2D eigenvalue weighted by Gasteiger charge is -2.18. The van der Waals surface area contributed by atoms with Gasteiger partial charge in [0.2, 0.25) is 5.91 Å². The molecule has 0 saturated heterocycles. The largest absolute Gasteiger partial charge is 0.493 e. The van der Waals surface area contributed by atoms with Crippen LogP contribution in [-0.4, -0.2) is 31.7 Å². The number of rotatable bonds is 7. The number of amides is 1. The van der Waals surface area contributed by atoms with Gasteiger partial charge in [0.25, 0.3) is 0 Å². The van der Waals surface area contributed by atoms with Crippen molar-refractivity contribution in [1.29, 1.82) is 0 Å². The number of ether oxygens (including phenoxy) is 2. The van der Waals surface area contributed by atoms with E-state index in [0.717, 1.165) is 20.9 Å². The van der Waals surface area contributed by atoms with Crippen molar-refractivity contribution in [3.63, 3.8) is 0 Å². The van der Waals surface area contributed by atoms with Gasteiger partial charge in [-0.05, 0) is 37.1 Å². The molecule has 5 nitrogen and oxygen atoms in total. The number of aromatic nitrogens is 1. The molecule has 0 radical (unpaired) electrons. The minimum absolute atomic E-state index is 0.0522. The first-order chi connectivity index (χ1) is 12.7. The van der Waals surface area contributed by atoms with Crippen molar-refractivity contribution in [2.75, 3.05) is 25.7 Å². The zero-order chi connectivity index (χ0) is 18.5. The molecule has 1 amide bonds. The van der Waals surface area contributed by atoms with E-state index in [1.807, 2.05) is 49.4 Å². The van der Waals surface area contributed by atoms with Gasteiger partial charge >= 0.3 is 0 Å². The lowest BCUT2D eigenvalue weighted by molar-refractivity contribution is -0.118. The second-order valence-corrected chi connectivity index (χ2v) is 6.76. The maximum atomic E-state index is 12.8. The van der Waals surface area contributed by atoms with Crippen molar-refractivity contribution < 1.29 is 14.3 Å². The summed E-state index contributed by atoms with van der Waals surface area (Å²) in [7, 11) is 3.22. The summed E-state index contributed by atoms with van der Waals surface area (Å²) in [6.07, 6.45) is 0.966. The number of carbonyl (C=O) groups excluding carboxylic acids is 1. The van der Waals surface area contributed by atoms with Crippen molar-refractivity contribution >= 4 is 32.6 Å². The van der Waals surface area contributed by atoms with E-state index in [9.17, 15) is 4.79 Å². The molecule has 26 heavy (non-hydrogen) atoms. The Bertz CT molecular complexity index is 874. The Kier molecular flexibility index (Phi) is 5.73. The molecule has 0 atom stereocenters. The molecule has 0 unspecified atom stereocenters. The highest BCUT2D eigenvalue weighted by Crippen LogP contribution is 2.32. The second kappa shape index (κ2) is 8.19. The zero-order valence-corrected chi connectivity index (χ0v) is 16.0. The van der Waals surface area contributed by atoms with Crippen molar-refractivity contribution in [2.45, 2.75) is 19.8 Å². The molecule has 2 aromatic carbocycles. The van der Waals surface area contributed by atoms with Crippen LogP contribution in [0.1, 0.15) is 18.9 Å². The first-order valence-corrected chi connectivity index (χ1v) is 9.35. The standard InChI is InChI=1S/C20H22N2O3S/c1-4-22(20-21-15-9-5-6-11-17(15)26-20)18(23)13-12-14-8-7-10-16(24-2)19(14)25-3/h5-11H,4,12-13H2,1-3H3. The summed E-state index contributed by atoms with van der Waals surface area (Å²) in [5.41, 5.74) is 1.88. The molecule has 0 fully saturated rings. The Morgan fingerprint density at radius 1 is 1.12 bits per heavy atom. The van der Waals surface area contributed by atoms with E-state index < -0.39 is 0 Å². The van der Waals surface area contributed by atoms with E-state index >= 15 is 0 Å². The smallest absolute Gasteiger partial charge is 0.229 e. The van der Waals surface area contributed by atoms with Crippen LogP contribution in [-0.2, 0) is 11.2 Å². The molecule has 0 bridgehead atoms. The van der Waals surface area contributed by atoms with Gasteiger partial charge in [0.15, 0.2) is 16.6 Å². The third-order valence-corrected chi connectivity index (χ3v) is 5.28. The van der Waals surface area contributed by atoms with Crippen LogP contribution in [0.15, 0.2) is 42.5 Å². The number of hydrogen-bond acceptors (Lipinski definition) is 5. The summed E-state index contributed by atoms with van der Waals surface area (Å²) in [6, 6.07) is 13.7. The van der Waals surface area contributed by atoms with Gasteiger partial charge in [-0.2, -0.15) is 0 Å². The maximum Gasteiger partial charge on any atom is 0.229 e. The van der Waals surface area contributed by atoms with Crippen molar-refractivity contribution in [2.24, 2.45) is 0 Å². The van der Waals surface area contributed by atoms with Gasteiger partial charge in [-0.3, -0.25) is 9.69 Å². The highest BCUT2D eigenvalue weighted by Gasteiger charge is 2.19. The summed E-state index contributed by atoms with van der Waals surface area (Å²) in [6.45, 7) is 2.56. The maximum absolute atomic E-state index is 12.8. The third-order valence-electron chi connectivity index (χ3n) is 4.22. The van der Waals surface area contributed by atoms with E-state index in [-0.39, 0.29) is 5.91 Å². The fourth-order valence-corrected chi connectivity index (χ4v) is 3.97. The lowest BCUT2D eigenvalue weighted by atomic mass is 10.1. The Morgan fingerprint density at radius 2 is 1.92 bits per heavy atom. The Morgan fingerprint density at radius 3 is 2.62 bits per heavy atom. The quantitative estimate of drug-likeness (QED) is 0.622. The van der Waals surface area contributed by atoms with Crippen LogP contribution in [0.2, 0.25) is 0 Å². The molecule has 0 spiro atoms. The highest BCUT2D eigenvalue weighted by atomic mass is 32.1. The third kappa shape index (κ3) is 3.65. The average Bonchev–Trinajstić information content (AvgIpc) is 3.10. The topological polar surface area (TPSA) is 51.7 Å². The number of aryl methyl sites for hydroxylation is 1. The van der Waals surface area contributed by atoms with Crippen LogP contribution < -0.4 is 14.4 Å². The summed E-state index contributed by atoms with van der Waals surface area (Å²) in [4.78, 5) is 19.1. The molecule has 0 saturated carbocycles. The van der Waals surface area contributed by atoms with Crippen molar-refractivity contribution in [1.82, 2.24) is 4.98 Å². The lowest BCUT2D eigenvalue weighted by Crippen LogP contribution is -2.30. The van der Waals surface area contributed by atoms with E-state index in [0.29, 0.717) is 30.9 Å². The van der Waals surface area contributed by atoms with Gasteiger partial charge in [0.1, 0.15) is 0 Å². The van der Waals surface area contributed by atoms with E-state index in [2.05, 4.69) is 4.98 Å². The van der Waals surface area contributed by atoms with Crippen LogP contribution >= 0.6 is 11.3 Å². The molecule has 3 rings (SSSR count). The monoisotopic (exact) mass is 370 g/mol. The van der Waals surface area contributed by atoms with Crippen LogP contribution in [0, 0.1) is 0 Å². The number of para-hydroxylation sites is 2. The highest BCUT2D eigenvalue weighted by molar-refractivity contribution is 7.22. The Hall–Kier alpha value is -2.60. The second-order valence-electron chi connectivity index (χ2n) is 5.75. The number of carbonyl (C=O) groups is 1.